The summed E-state index contributed by atoms with van der Waals surface area (Å²) >= 11 is 0. The van der Waals surface area contributed by atoms with Gasteiger partial charge < -0.3 is 0 Å². The Bertz CT molecular complexity index is 1280. The predicted molar refractivity (Wildman–Crippen MR) is 120 cm³/mol. The van der Waals surface area contributed by atoms with Crippen LogP contribution in [-0.4, -0.2) is 19.5 Å². The first-order valence-corrected chi connectivity index (χ1v) is 11.4. The molecule has 3 aromatic rings. The minimum absolute atomic E-state index is 0.0786. The number of carbonyl (C=O) groups is 1. The first-order valence-electron chi connectivity index (χ1n) is 9.91. The van der Waals surface area contributed by atoms with Crippen LogP contribution in [0.1, 0.15) is 36.0 Å². The van der Waals surface area contributed by atoms with E-state index in [9.17, 15) is 13.2 Å². The summed E-state index contributed by atoms with van der Waals surface area (Å²) in [6.07, 6.45) is 3.46. The van der Waals surface area contributed by atoms with Crippen molar-refractivity contribution >= 4 is 27.7 Å². The lowest BCUT2D eigenvalue weighted by molar-refractivity contribution is -0.124. The summed E-state index contributed by atoms with van der Waals surface area (Å²) in [6.45, 7) is 2.13. The van der Waals surface area contributed by atoms with Gasteiger partial charge in [-0.05, 0) is 64.6 Å². The van der Waals surface area contributed by atoms with Crippen LogP contribution < -0.4 is 10.2 Å². The van der Waals surface area contributed by atoms with Gasteiger partial charge in [-0.3, -0.25) is 14.7 Å². The van der Waals surface area contributed by atoms with E-state index in [2.05, 4.69) is 23.8 Å². The summed E-state index contributed by atoms with van der Waals surface area (Å²) in [5.41, 5.74) is 7.24. The highest BCUT2D eigenvalue weighted by Gasteiger charge is 2.27. The Balaban J connectivity index is 1.62. The van der Waals surface area contributed by atoms with Gasteiger partial charge in [0.1, 0.15) is 0 Å². The zero-order valence-corrected chi connectivity index (χ0v) is 17.7. The van der Waals surface area contributed by atoms with E-state index in [4.69, 9.17) is 5.21 Å². The van der Waals surface area contributed by atoms with Crippen molar-refractivity contribution in [2.24, 2.45) is 0 Å². The molecule has 31 heavy (non-hydrogen) atoms. The van der Waals surface area contributed by atoms with Crippen molar-refractivity contribution < 1.29 is 18.4 Å². The zero-order valence-electron chi connectivity index (χ0n) is 16.9. The van der Waals surface area contributed by atoms with Gasteiger partial charge in [-0.15, -0.1) is 0 Å². The zero-order chi connectivity index (χ0) is 22.0. The lowest BCUT2D eigenvalue weighted by atomic mass is 9.94. The minimum Gasteiger partial charge on any atom is -0.288 e. The molecule has 0 heterocycles. The Morgan fingerprint density at radius 3 is 2.55 bits per heavy atom. The van der Waals surface area contributed by atoms with Crippen molar-refractivity contribution in [2.45, 2.75) is 24.2 Å². The molecular weight excluding hydrogens is 412 g/mol. The molecule has 1 amide bonds. The molecule has 3 N–H and O–H groups in total. The van der Waals surface area contributed by atoms with Crippen LogP contribution >= 0.6 is 0 Å². The number of hydrogen-bond acceptors (Lipinski definition) is 4. The van der Waals surface area contributed by atoms with Crippen LogP contribution in [-0.2, 0) is 14.8 Å². The van der Waals surface area contributed by atoms with Crippen molar-refractivity contribution in [1.82, 2.24) is 5.48 Å². The van der Waals surface area contributed by atoms with E-state index in [-0.39, 0.29) is 10.8 Å². The standard InChI is InChI=1S/C24H22N2O4S/c1-2-19-20-8-3-4-9-21(20)22-12-11-17(15-23(19)22)26-31(29,30)18-7-5-6-16(14-18)10-13-24(27)25-28/h3-15,19,26,28H,2H2,1H3,(H,25,27)/b13-10+. The molecule has 7 heteroatoms. The van der Waals surface area contributed by atoms with Gasteiger partial charge in [-0.25, -0.2) is 13.9 Å². The second-order valence-electron chi connectivity index (χ2n) is 7.34. The number of fused-ring (bicyclic) bond motifs is 3. The summed E-state index contributed by atoms with van der Waals surface area (Å²) < 4.78 is 28.6. The van der Waals surface area contributed by atoms with Crippen molar-refractivity contribution in [3.8, 4) is 11.1 Å². The number of nitrogens with one attached hydrogen (secondary N) is 2. The van der Waals surface area contributed by atoms with Crippen molar-refractivity contribution in [1.29, 1.82) is 0 Å². The molecular formula is C24H22N2O4S. The molecule has 0 radical (unpaired) electrons. The number of amides is 1. The number of sulfonamides is 1. The molecule has 0 saturated carbocycles. The molecule has 0 aromatic heterocycles. The van der Waals surface area contributed by atoms with Crippen molar-refractivity contribution in [3.05, 3.63) is 89.5 Å². The van der Waals surface area contributed by atoms with Crippen LogP contribution in [0, 0.1) is 0 Å². The molecule has 0 spiro atoms. The van der Waals surface area contributed by atoms with E-state index in [0.717, 1.165) is 23.6 Å². The number of rotatable bonds is 6. The average Bonchev–Trinajstić information content (AvgIpc) is 3.10. The molecule has 0 saturated heterocycles. The van der Waals surface area contributed by atoms with Gasteiger partial charge in [0.25, 0.3) is 15.9 Å². The molecule has 0 aliphatic heterocycles. The molecule has 1 aliphatic rings. The maximum absolute atomic E-state index is 13.0. The van der Waals surface area contributed by atoms with Crippen LogP contribution in [0.25, 0.3) is 17.2 Å². The van der Waals surface area contributed by atoms with Gasteiger partial charge in [-0.1, -0.05) is 49.4 Å². The van der Waals surface area contributed by atoms with Gasteiger partial charge in [0, 0.05) is 17.7 Å². The van der Waals surface area contributed by atoms with Gasteiger partial charge in [0.2, 0.25) is 0 Å². The number of anilines is 1. The van der Waals surface area contributed by atoms with Crippen LogP contribution in [0.5, 0.6) is 0 Å². The van der Waals surface area contributed by atoms with Gasteiger partial charge in [-0.2, -0.15) is 0 Å². The first kappa shape index (κ1) is 20.8. The normalized spacial score (nSPS) is 14.8. The van der Waals surface area contributed by atoms with Crippen molar-refractivity contribution in [2.75, 3.05) is 4.72 Å². The average molecular weight is 435 g/mol. The van der Waals surface area contributed by atoms with E-state index in [1.807, 2.05) is 24.3 Å². The fourth-order valence-electron chi connectivity index (χ4n) is 4.02. The van der Waals surface area contributed by atoms with Crippen LogP contribution in [0.2, 0.25) is 0 Å². The lowest BCUT2D eigenvalue weighted by Gasteiger charge is -2.13. The molecule has 0 bridgehead atoms. The molecule has 1 atom stereocenters. The molecule has 158 valence electrons. The second kappa shape index (κ2) is 8.37. The SMILES string of the molecule is CCC1c2ccccc2-c2ccc(NS(=O)(=O)c3cccc(/C=C/C(=O)NO)c3)cc21. The lowest BCUT2D eigenvalue weighted by Crippen LogP contribution is -2.15. The molecule has 6 nitrogen and oxygen atoms in total. The van der Waals surface area contributed by atoms with Gasteiger partial charge in [0.15, 0.2) is 0 Å². The smallest absolute Gasteiger partial charge is 0.267 e. The molecule has 1 unspecified atom stereocenters. The van der Waals surface area contributed by atoms with Crippen molar-refractivity contribution in [3.63, 3.8) is 0 Å². The van der Waals surface area contributed by atoms with E-state index in [0.29, 0.717) is 11.3 Å². The predicted octanol–water partition coefficient (Wildman–Crippen LogP) is 4.53. The fourth-order valence-corrected chi connectivity index (χ4v) is 5.13. The summed E-state index contributed by atoms with van der Waals surface area (Å²) in [6, 6.07) is 20.1. The minimum atomic E-state index is -3.82. The summed E-state index contributed by atoms with van der Waals surface area (Å²) in [5, 5.41) is 8.56. The Kier molecular flexibility index (Phi) is 5.63. The van der Waals surface area contributed by atoms with E-state index >= 15 is 0 Å². The maximum atomic E-state index is 13.0. The van der Waals surface area contributed by atoms with Gasteiger partial charge >= 0.3 is 0 Å². The molecule has 4 rings (SSSR count). The highest BCUT2D eigenvalue weighted by Crippen LogP contribution is 2.47. The Morgan fingerprint density at radius 1 is 1.00 bits per heavy atom. The summed E-state index contributed by atoms with van der Waals surface area (Å²) in [4.78, 5) is 11.2. The third kappa shape index (κ3) is 4.10. The van der Waals surface area contributed by atoms with E-state index in [1.54, 1.807) is 18.2 Å². The maximum Gasteiger partial charge on any atom is 0.267 e. The quantitative estimate of drug-likeness (QED) is 0.302. The third-order valence-corrected chi connectivity index (χ3v) is 6.80. The fraction of sp³-hybridized carbons (Fsp3) is 0.125. The molecule has 3 aromatic carbocycles. The first-order chi connectivity index (χ1) is 14.9. The Morgan fingerprint density at radius 2 is 1.77 bits per heavy atom. The number of hydrogen-bond donors (Lipinski definition) is 3. The second-order valence-corrected chi connectivity index (χ2v) is 9.02. The molecule has 0 fully saturated rings. The van der Waals surface area contributed by atoms with Crippen LogP contribution in [0.3, 0.4) is 0 Å². The van der Waals surface area contributed by atoms with E-state index in [1.165, 1.54) is 34.8 Å². The summed E-state index contributed by atoms with van der Waals surface area (Å²) in [7, 11) is -3.82. The van der Waals surface area contributed by atoms with E-state index < -0.39 is 15.9 Å². The Labute approximate surface area is 181 Å². The van der Waals surface area contributed by atoms with Crippen LogP contribution in [0.4, 0.5) is 5.69 Å². The monoisotopic (exact) mass is 434 g/mol. The van der Waals surface area contributed by atoms with Gasteiger partial charge in [0.05, 0.1) is 4.90 Å². The van der Waals surface area contributed by atoms with Crippen LogP contribution in [0.15, 0.2) is 77.7 Å². The Hall–Kier alpha value is -3.42. The third-order valence-electron chi connectivity index (χ3n) is 5.42. The highest BCUT2D eigenvalue weighted by molar-refractivity contribution is 7.92. The molecule has 1 aliphatic carbocycles. The summed E-state index contributed by atoms with van der Waals surface area (Å²) in [5.74, 6) is -0.460. The highest BCUT2D eigenvalue weighted by atomic mass is 32.2. The number of benzene rings is 3. The number of carbonyl (C=O) groups excluding carboxylic acids is 1. The topological polar surface area (TPSA) is 95.5 Å². The largest absolute Gasteiger partial charge is 0.288 e. The number of hydroxylamine groups is 1.